The summed E-state index contributed by atoms with van der Waals surface area (Å²) in [6.45, 7) is 6.42. The number of benzene rings is 1. The molecule has 0 amide bonds. The van der Waals surface area contributed by atoms with Crippen LogP contribution in [-0.2, 0) is 22.5 Å². The summed E-state index contributed by atoms with van der Waals surface area (Å²) in [5.74, 6) is -0.240. The van der Waals surface area contributed by atoms with Crippen molar-refractivity contribution >= 4 is 5.97 Å². The van der Waals surface area contributed by atoms with Gasteiger partial charge in [-0.1, -0.05) is 35.0 Å². The molecule has 0 N–H and O–H groups in total. The van der Waals surface area contributed by atoms with E-state index in [1.54, 1.807) is 4.68 Å². The van der Waals surface area contributed by atoms with E-state index in [1.165, 1.54) is 18.2 Å². The van der Waals surface area contributed by atoms with Crippen molar-refractivity contribution in [1.82, 2.24) is 15.0 Å². The Morgan fingerprint density at radius 1 is 1.29 bits per heavy atom. The lowest BCUT2D eigenvalue weighted by atomic mass is 9.88. The van der Waals surface area contributed by atoms with Crippen LogP contribution >= 0.6 is 0 Å². The highest BCUT2D eigenvalue weighted by atomic mass is 16.5. The summed E-state index contributed by atoms with van der Waals surface area (Å²) >= 11 is 0. The summed E-state index contributed by atoms with van der Waals surface area (Å²) in [4.78, 5) is 11.7. The molecule has 1 heterocycles. The summed E-state index contributed by atoms with van der Waals surface area (Å²) in [5.41, 5.74) is 2.60. The van der Waals surface area contributed by atoms with E-state index in [9.17, 15) is 4.79 Å². The molecule has 0 aliphatic carbocycles. The summed E-state index contributed by atoms with van der Waals surface area (Å²) in [5, 5.41) is 8.25. The number of esters is 1. The molecule has 0 bridgehead atoms. The first kappa shape index (κ1) is 15.2. The quantitative estimate of drug-likeness (QED) is 0.792. The van der Waals surface area contributed by atoms with Gasteiger partial charge in [-0.15, -0.1) is 5.10 Å². The third kappa shape index (κ3) is 3.90. The number of rotatable bonds is 5. The third-order valence-electron chi connectivity index (χ3n) is 3.41. The molecule has 1 aromatic heterocycles. The van der Waals surface area contributed by atoms with Gasteiger partial charge in [0.15, 0.2) is 0 Å². The highest BCUT2D eigenvalue weighted by molar-refractivity contribution is 5.76. The van der Waals surface area contributed by atoms with Gasteiger partial charge in [0.05, 0.1) is 24.8 Å². The van der Waals surface area contributed by atoms with Crippen molar-refractivity contribution in [2.45, 2.75) is 33.7 Å². The van der Waals surface area contributed by atoms with Crippen LogP contribution in [0.1, 0.15) is 30.7 Å². The van der Waals surface area contributed by atoms with Crippen LogP contribution in [0.2, 0.25) is 0 Å². The van der Waals surface area contributed by atoms with Gasteiger partial charge in [0.25, 0.3) is 0 Å². The SMILES string of the molecule is COC(=O)C(C)(C)Cc1cn(Cc2ccc(C)cc2)nn1. The first-order chi connectivity index (χ1) is 9.90. The number of nitrogens with zero attached hydrogens (tertiary/aromatic N) is 3. The molecule has 0 aliphatic heterocycles. The fraction of sp³-hybridized carbons (Fsp3) is 0.438. The first-order valence-electron chi connectivity index (χ1n) is 6.94. The molecule has 0 saturated heterocycles. The molecule has 2 rings (SSSR count). The predicted octanol–water partition coefficient (Wildman–Crippen LogP) is 2.38. The standard InChI is InChI=1S/C16H21N3O2/c1-12-5-7-13(8-6-12)10-19-11-14(17-18-19)9-16(2,3)15(20)21-4/h5-8,11H,9-10H2,1-4H3. The molecule has 0 saturated carbocycles. The summed E-state index contributed by atoms with van der Waals surface area (Å²) in [7, 11) is 1.40. The molecule has 0 unspecified atom stereocenters. The van der Waals surface area contributed by atoms with Gasteiger partial charge in [0, 0.05) is 12.6 Å². The second-order valence-electron chi connectivity index (χ2n) is 5.95. The molecule has 1 aromatic carbocycles. The molecule has 0 fully saturated rings. The Bertz CT molecular complexity index is 615. The van der Waals surface area contributed by atoms with Gasteiger partial charge in [-0.2, -0.15) is 0 Å². The lowest BCUT2D eigenvalue weighted by Gasteiger charge is -2.19. The minimum Gasteiger partial charge on any atom is -0.469 e. The van der Waals surface area contributed by atoms with Gasteiger partial charge in [-0.05, 0) is 26.3 Å². The zero-order valence-corrected chi connectivity index (χ0v) is 13.0. The van der Waals surface area contributed by atoms with Crippen molar-refractivity contribution in [2.24, 2.45) is 5.41 Å². The monoisotopic (exact) mass is 287 g/mol. The average molecular weight is 287 g/mol. The number of carbonyl (C=O) groups excluding carboxylic acids is 1. The second-order valence-corrected chi connectivity index (χ2v) is 5.95. The molecule has 112 valence electrons. The van der Waals surface area contributed by atoms with Crippen LogP contribution in [0.4, 0.5) is 0 Å². The van der Waals surface area contributed by atoms with Gasteiger partial charge in [0.2, 0.25) is 0 Å². The van der Waals surface area contributed by atoms with Gasteiger partial charge >= 0.3 is 5.97 Å². The van der Waals surface area contributed by atoms with E-state index < -0.39 is 5.41 Å². The van der Waals surface area contributed by atoms with Crippen molar-refractivity contribution in [1.29, 1.82) is 0 Å². The van der Waals surface area contributed by atoms with Gasteiger partial charge in [0.1, 0.15) is 0 Å². The molecule has 2 aromatic rings. The van der Waals surface area contributed by atoms with Crippen LogP contribution < -0.4 is 0 Å². The van der Waals surface area contributed by atoms with Crippen LogP contribution in [0.3, 0.4) is 0 Å². The van der Waals surface area contributed by atoms with Crippen LogP contribution in [0, 0.1) is 12.3 Å². The van der Waals surface area contributed by atoms with Gasteiger partial charge < -0.3 is 4.74 Å². The number of aryl methyl sites for hydroxylation is 1. The Balaban J connectivity index is 2.04. The molecule has 5 heteroatoms. The van der Waals surface area contributed by atoms with Gasteiger partial charge in [-0.25, -0.2) is 4.68 Å². The fourth-order valence-corrected chi connectivity index (χ4v) is 2.18. The van der Waals surface area contributed by atoms with Crippen molar-refractivity contribution in [3.05, 3.63) is 47.3 Å². The lowest BCUT2D eigenvalue weighted by molar-refractivity contribution is -0.150. The number of ether oxygens (including phenoxy) is 1. The summed E-state index contributed by atoms with van der Waals surface area (Å²) < 4.78 is 6.59. The van der Waals surface area contributed by atoms with Crippen molar-refractivity contribution in [3.63, 3.8) is 0 Å². The number of hydrogen-bond donors (Lipinski definition) is 0. The van der Waals surface area contributed by atoms with E-state index >= 15 is 0 Å². The van der Waals surface area contributed by atoms with Crippen LogP contribution in [-0.4, -0.2) is 28.1 Å². The van der Waals surface area contributed by atoms with E-state index in [0.717, 1.165) is 5.69 Å². The van der Waals surface area contributed by atoms with Crippen LogP contribution in [0.5, 0.6) is 0 Å². The molecular formula is C16H21N3O2. The predicted molar refractivity (Wildman–Crippen MR) is 79.8 cm³/mol. The van der Waals surface area contributed by atoms with E-state index in [0.29, 0.717) is 13.0 Å². The van der Waals surface area contributed by atoms with Crippen LogP contribution in [0.15, 0.2) is 30.5 Å². The Hall–Kier alpha value is -2.17. The number of hydrogen-bond acceptors (Lipinski definition) is 4. The highest BCUT2D eigenvalue weighted by Crippen LogP contribution is 2.22. The van der Waals surface area contributed by atoms with Crippen molar-refractivity contribution in [3.8, 4) is 0 Å². The number of methoxy groups -OCH3 is 1. The van der Waals surface area contributed by atoms with Gasteiger partial charge in [-0.3, -0.25) is 4.79 Å². The fourth-order valence-electron chi connectivity index (χ4n) is 2.18. The van der Waals surface area contributed by atoms with E-state index in [-0.39, 0.29) is 5.97 Å². The second kappa shape index (κ2) is 6.08. The Morgan fingerprint density at radius 3 is 2.57 bits per heavy atom. The minimum atomic E-state index is -0.598. The molecule has 0 radical (unpaired) electrons. The highest BCUT2D eigenvalue weighted by Gasteiger charge is 2.30. The van der Waals surface area contributed by atoms with E-state index in [2.05, 4.69) is 41.5 Å². The van der Waals surface area contributed by atoms with E-state index in [1.807, 2.05) is 20.0 Å². The average Bonchev–Trinajstić information content (AvgIpc) is 2.86. The third-order valence-corrected chi connectivity index (χ3v) is 3.41. The molecular weight excluding hydrogens is 266 g/mol. The lowest BCUT2D eigenvalue weighted by Crippen LogP contribution is -2.28. The minimum absolute atomic E-state index is 0.240. The molecule has 0 aliphatic rings. The maximum atomic E-state index is 11.7. The molecule has 5 nitrogen and oxygen atoms in total. The van der Waals surface area contributed by atoms with Crippen molar-refractivity contribution < 1.29 is 9.53 Å². The molecule has 0 atom stereocenters. The maximum Gasteiger partial charge on any atom is 0.311 e. The van der Waals surface area contributed by atoms with Crippen molar-refractivity contribution in [2.75, 3.05) is 7.11 Å². The Morgan fingerprint density at radius 2 is 1.95 bits per heavy atom. The number of aromatic nitrogens is 3. The Labute approximate surface area is 124 Å². The van der Waals surface area contributed by atoms with Crippen LogP contribution in [0.25, 0.3) is 0 Å². The first-order valence-corrected chi connectivity index (χ1v) is 6.94. The summed E-state index contributed by atoms with van der Waals surface area (Å²) in [6.07, 6.45) is 2.39. The zero-order valence-electron chi connectivity index (χ0n) is 13.0. The van der Waals surface area contributed by atoms with E-state index in [4.69, 9.17) is 4.74 Å². The summed E-state index contributed by atoms with van der Waals surface area (Å²) in [6, 6.07) is 8.31. The Kier molecular flexibility index (Phi) is 4.40. The maximum absolute atomic E-state index is 11.7. The number of carbonyl (C=O) groups is 1. The smallest absolute Gasteiger partial charge is 0.311 e. The normalized spacial score (nSPS) is 11.4. The molecule has 21 heavy (non-hydrogen) atoms. The zero-order chi connectivity index (χ0) is 15.5. The largest absolute Gasteiger partial charge is 0.469 e. The molecule has 0 spiro atoms. The topological polar surface area (TPSA) is 57.0 Å².